The van der Waals surface area contributed by atoms with Crippen LogP contribution < -0.4 is 11.3 Å². The number of benzene rings is 1. The fraction of sp³-hybridized carbons (Fsp3) is 0.533. The summed E-state index contributed by atoms with van der Waals surface area (Å²) in [5.41, 5.74) is 3.86. The molecule has 1 aromatic carbocycles. The Morgan fingerprint density at radius 2 is 2.10 bits per heavy atom. The van der Waals surface area contributed by atoms with Crippen molar-refractivity contribution in [2.24, 2.45) is 5.84 Å². The Hall–Kier alpha value is -0.950. The Morgan fingerprint density at radius 3 is 2.57 bits per heavy atom. The number of nitrogen functional groups attached to an aromatic ring is 1. The van der Waals surface area contributed by atoms with E-state index < -0.39 is 0 Å². The van der Waals surface area contributed by atoms with Crippen molar-refractivity contribution in [3.05, 3.63) is 33.8 Å². The molecule has 0 spiro atoms. The highest BCUT2D eigenvalue weighted by Gasteiger charge is 2.15. The molecule has 0 aliphatic heterocycles. The smallest absolute Gasteiger partial charge is 0.265 e. The first kappa shape index (κ1) is 18.1. The zero-order valence-electron chi connectivity index (χ0n) is 13.2. The van der Waals surface area contributed by atoms with Crippen LogP contribution in [0.3, 0.4) is 0 Å². The number of hydrogen-bond acceptors (Lipinski definition) is 4. The summed E-state index contributed by atoms with van der Waals surface area (Å²) in [6.07, 6.45) is 0. The van der Waals surface area contributed by atoms with E-state index in [1.165, 1.54) is 0 Å². The molecule has 21 heavy (non-hydrogen) atoms. The molecule has 0 aromatic heterocycles. The highest BCUT2D eigenvalue weighted by atomic mass is 79.9. The summed E-state index contributed by atoms with van der Waals surface area (Å²) >= 11 is 3.54. The largest absolute Gasteiger partial charge is 0.308 e. The van der Waals surface area contributed by atoms with Crippen LogP contribution in [0, 0.1) is 0 Å². The molecule has 0 fully saturated rings. The van der Waals surface area contributed by atoms with Gasteiger partial charge in [-0.25, -0.2) is 5.84 Å². The molecule has 1 rings (SSSR count). The van der Waals surface area contributed by atoms with Gasteiger partial charge in [0.05, 0.1) is 0 Å². The van der Waals surface area contributed by atoms with Crippen molar-refractivity contribution in [3.8, 4) is 0 Å². The van der Waals surface area contributed by atoms with Crippen LogP contribution in [0.25, 0.3) is 0 Å². The molecule has 1 amide bonds. The highest BCUT2D eigenvalue weighted by molar-refractivity contribution is 9.10. The van der Waals surface area contributed by atoms with Gasteiger partial charge >= 0.3 is 0 Å². The van der Waals surface area contributed by atoms with Crippen molar-refractivity contribution < 1.29 is 4.79 Å². The average Bonchev–Trinajstić information content (AvgIpc) is 2.44. The van der Waals surface area contributed by atoms with E-state index in [1.54, 1.807) is 6.07 Å². The van der Waals surface area contributed by atoms with Gasteiger partial charge < -0.3 is 4.90 Å². The molecule has 0 aliphatic rings. The van der Waals surface area contributed by atoms with Crippen LogP contribution in [0.4, 0.5) is 0 Å². The predicted octanol–water partition coefficient (Wildman–Crippen LogP) is 1.82. The fourth-order valence-electron chi connectivity index (χ4n) is 2.34. The van der Waals surface area contributed by atoms with Crippen LogP contribution in [-0.4, -0.2) is 48.9 Å². The first-order valence-corrected chi connectivity index (χ1v) is 7.86. The molecule has 5 nitrogen and oxygen atoms in total. The minimum atomic E-state index is -0.282. The van der Waals surface area contributed by atoms with E-state index in [4.69, 9.17) is 5.84 Å². The third-order valence-corrected chi connectivity index (χ3v) is 4.22. The van der Waals surface area contributed by atoms with E-state index in [1.807, 2.05) is 12.1 Å². The molecule has 0 aliphatic carbocycles. The maximum atomic E-state index is 11.5. The summed E-state index contributed by atoms with van der Waals surface area (Å²) in [5.74, 6) is 4.87. The Kier molecular flexibility index (Phi) is 7.31. The van der Waals surface area contributed by atoms with Crippen molar-refractivity contribution in [3.63, 3.8) is 0 Å². The summed E-state index contributed by atoms with van der Waals surface area (Å²) in [5, 5.41) is 0. The van der Waals surface area contributed by atoms with Crippen LogP contribution >= 0.6 is 15.9 Å². The second-order valence-corrected chi connectivity index (χ2v) is 6.31. The van der Waals surface area contributed by atoms with Crippen LogP contribution in [-0.2, 0) is 6.54 Å². The number of hydrogen-bond donors (Lipinski definition) is 2. The molecule has 1 unspecified atom stereocenters. The van der Waals surface area contributed by atoms with Crippen molar-refractivity contribution in [2.45, 2.75) is 26.4 Å². The summed E-state index contributed by atoms with van der Waals surface area (Å²) in [4.78, 5) is 16.1. The Labute approximate surface area is 135 Å². The summed E-state index contributed by atoms with van der Waals surface area (Å²) < 4.78 is 0.930. The highest BCUT2D eigenvalue weighted by Crippen LogP contribution is 2.21. The summed E-state index contributed by atoms with van der Waals surface area (Å²) in [7, 11) is 4.17. The number of rotatable bonds is 7. The molecule has 0 radical (unpaired) electrons. The molecule has 0 saturated carbocycles. The molecule has 6 heteroatoms. The van der Waals surface area contributed by atoms with Crippen LogP contribution in [0.5, 0.6) is 0 Å². The van der Waals surface area contributed by atoms with Crippen LogP contribution in [0.1, 0.15) is 29.8 Å². The van der Waals surface area contributed by atoms with Gasteiger partial charge in [0.1, 0.15) is 0 Å². The van der Waals surface area contributed by atoms with E-state index in [2.05, 4.69) is 59.1 Å². The molecule has 3 N–H and O–H groups in total. The molecular weight excluding hydrogens is 332 g/mol. The van der Waals surface area contributed by atoms with E-state index in [0.717, 1.165) is 29.7 Å². The summed E-state index contributed by atoms with van der Waals surface area (Å²) in [6.45, 7) is 7.23. The average molecular weight is 357 g/mol. The quantitative estimate of drug-likeness (QED) is 0.444. The normalized spacial score (nSPS) is 12.8. The number of hydrazine groups is 1. The van der Waals surface area contributed by atoms with Gasteiger partial charge in [0, 0.05) is 29.2 Å². The van der Waals surface area contributed by atoms with Gasteiger partial charge in [0.15, 0.2) is 0 Å². The number of carbonyl (C=O) groups is 1. The number of likely N-dealkylation sites (N-methyl/N-ethyl adjacent to an activating group) is 2. The number of carbonyl (C=O) groups excluding carboxylic acids is 1. The van der Waals surface area contributed by atoms with E-state index in [9.17, 15) is 4.79 Å². The maximum absolute atomic E-state index is 11.5. The molecule has 0 bridgehead atoms. The standard InChI is InChI=1S/C15H25BrN4O/c1-5-20(11(2)9-19(3)4)10-13-7-6-12(8-14(13)16)15(21)18-17/h6-8,11H,5,9-10,17H2,1-4H3,(H,18,21). The summed E-state index contributed by atoms with van der Waals surface area (Å²) in [6, 6.07) is 6.04. The molecule has 1 atom stereocenters. The second-order valence-electron chi connectivity index (χ2n) is 5.45. The fourth-order valence-corrected chi connectivity index (χ4v) is 2.85. The number of halogens is 1. The third-order valence-electron chi connectivity index (χ3n) is 3.48. The molecule has 0 saturated heterocycles. The first-order chi connectivity index (χ1) is 9.88. The minimum absolute atomic E-state index is 0.282. The lowest BCUT2D eigenvalue weighted by atomic mass is 10.1. The predicted molar refractivity (Wildman–Crippen MR) is 89.9 cm³/mol. The Morgan fingerprint density at radius 1 is 1.43 bits per heavy atom. The lowest BCUT2D eigenvalue weighted by Crippen LogP contribution is -2.39. The number of nitrogens with zero attached hydrogens (tertiary/aromatic N) is 2. The molecule has 0 heterocycles. The van der Waals surface area contributed by atoms with Crippen molar-refractivity contribution in [1.82, 2.24) is 15.2 Å². The van der Waals surface area contributed by atoms with Crippen molar-refractivity contribution in [2.75, 3.05) is 27.2 Å². The zero-order valence-corrected chi connectivity index (χ0v) is 14.8. The Balaban J connectivity index is 2.83. The second kappa shape index (κ2) is 8.48. The van der Waals surface area contributed by atoms with Gasteiger partial charge in [0.25, 0.3) is 5.91 Å². The lowest BCUT2D eigenvalue weighted by molar-refractivity contribution is 0.0953. The van der Waals surface area contributed by atoms with Gasteiger partial charge in [0.2, 0.25) is 0 Å². The molecular formula is C15H25BrN4O. The number of nitrogens with one attached hydrogen (secondary N) is 1. The van der Waals surface area contributed by atoms with Gasteiger partial charge in [-0.2, -0.15) is 0 Å². The lowest BCUT2D eigenvalue weighted by Gasteiger charge is -2.30. The van der Waals surface area contributed by atoms with Gasteiger partial charge in [-0.15, -0.1) is 0 Å². The van der Waals surface area contributed by atoms with Crippen LogP contribution in [0.2, 0.25) is 0 Å². The SMILES string of the molecule is CCN(Cc1ccc(C(=O)NN)cc1Br)C(C)CN(C)C. The Bertz CT molecular complexity index is 479. The monoisotopic (exact) mass is 356 g/mol. The van der Waals surface area contributed by atoms with Crippen LogP contribution in [0.15, 0.2) is 22.7 Å². The van der Waals surface area contributed by atoms with E-state index in [0.29, 0.717) is 11.6 Å². The van der Waals surface area contributed by atoms with E-state index in [-0.39, 0.29) is 5.91 Å². The first-order valence-electron chi connectivity index (χ1n) is 7.07. The third kappa shape index (κ3) is 5.39. The van der Waals surface area contributed by atoms with Gasteiger partial charge in [-0.1, -0.05) is 28.9 Å². The number of nitrogens with two attached hydrogens (primary N) is 1. The molecule has 1 aromatic rings. The zero-order chi connectivity index (χ0) is 16.0. The van der Waals surface area contributed by atoms with Gasteiger partial charge in [-0.3, -0.25) is 15.1 Å². The van der Waals surface area contributed by atoms with Crippen molar-refractivity contribution >= 4 is 21.8 Å². The van der Waals surface area contributed by atoms with Gasteiger partial charge in [-0.05, 0) is 45.3 Å². The maximum Gasteiger partial charge on any atom is 0.265 e. The molecule has 118 valence electrons. The number of amides is 1. The minimum Gasteiger partial charge on any atom is -0.308 e. The van der Waals surface area contributed by atoms with Crippen molar-refractivity contribution in [1.29, 1.82) is 0 Å². The topological polar surface area (TPSA) is 61.6 Å². The van der Waals surface area contributed by atoms with E-state index >= 15 is 0 Å².